The number of rotatable bonds is 3. The minimum atomic E-state index is -0.0380. The smallest absolute Gasteiger partial charge is 0.272 e. The minimum Gasteiger partial charge on any atom is -0.347 e. The molecule has 1 N–H and O–H groups in total. The van der Waals surface area contributed by atoms with Crippen molar-refractivity contribution in [1.29, 1.82) is 0 Å². The lowest BCUT2D eigenvalue weighted by atomic mass is 9.98. The number of hydrogen-bond donors (Lipinski definition) is 1. The highest BCUT2D eigenvalue weighted by atomic mass is 16.2. The summed E-state index contributed by atoms with van der Waals surface area (Å²) in [4.78, 5) is 17.4. The molecule has 6 heteroatoms. The maximum absolute atomic E-state index is 12.4. The molecular formula is C17H29N5O. The van der Waals surface area contributed by atoms with Crippen molar-refractivity contribution in [2.75, 3.05) is 33.2 Å². The number of piperidine rings is 2. The maximum atomic E-state index is 12.4. The monoisotopic (exact) mass is 319 g/mol. The summed E-state index contributed by atoms with van der Waals surface area (Å²) < 4.78 is 1.75. The van der Waals surface area contributed by atoms with Crippen LogP contribution in [-0.4, -0.2) is 70.8 Å². The molecule has 6 nitrogen and oxygen atoms in total. The molecule has 2 fully saturated rings. The van der Waals surface area contributed by atoms with Crippen molar-refractivity contribution in [2.45, 2.75) is 44.7 Å². The van der Waals surface area contributed by atoms with Gasteiger partial charge in [-0.3, -0.25) is 14.4 Å². The van der Waals surface area contributed by atoms with Crippen LogP contribution in [0.1, 0.15) is 41.9 Å². The lowest BCUT2D eigenvalue weighted by molar-refractivity contribution is 0.0762. The summed E-state index contributed by atoms with van der Waals surface area (Å²) in [5.74, 6) is -0.0380. The summed E-state index contributed by atoms with van der Waals surface area (Å²) in [6.07, 6.45) is 4.73. The van der Waals surface area contributed by atoms with Gasteiger partial charge in [0.15, 0.2) is 0 Å². The number of carbonyl (C=O) groups is 1. The van der Waals surface area contributed by atoms with E-state index in [1.165, 1.54) is 38.9 Å². The second-order valence-corrected chi connectivity index (χ2v) is 7.14. The fraction of sp³-hybridized carbons (Fsp3) is 0.765. The van der Waals surface area contributed by atoms with Gasteiger partial charge in [-0.1, -0.05) is 0 Å². The van der Waals surface area contributed by atoms with Gasteiger partial charge in [0.25, 0.3) is 5.91 Å². The molecule has 23 heavy (non-hydrogen) atoms. The van der Waals surface area contributed by atoms with Crippen molar-refractivity contribution < 1.29 is 4.79 Å². The van der Waals surface area contributed by atoms with E-state index in [-0.39, 0.29) is 11.9 Å². The fourth-order valence-electron chi connectivity index (χ4n) is 3.75. The molecule has 2 saturated heterocycles. The highest BCUT2D eigenvalue weighted by Gasteiger charge is 2.29. The van der Waals surface area contributed by atoms with Crippen LogP contribution in [0.25, 0.3) is 0 Å². The molecule has 0 aromatic carbocycles. The van der Waals surface area contributed by atoms with Crippen LogP contribution in [0.15, 0.2) is 6.07 Å². The Kier molecular flexibility index (Phi) is 5.02. The van der Waals surface area contributed by atoms with Gasteiger partial charge in [0.1, 0.15) is 5.69 Å². The molecule has 1 aromatic heterocycles. The average Bonchev–Trinajstić information content (AvgIpc) is 2.88. The number of carbonyl (C=O) groups excluding carboxylic acids is 1. The van der Waals surface area contributed by atoms with Crippen LogP contribution in [0.4, 0.5) is 0 Å². The Morgan fingerprint density at radius 3 is 2.61 bits per heavy atom. The standard InChI is InChI=1S/C17H29N5O/c1-13-11-16(19-21(13)3)17(23)18-14-5-4-8-22(12-14)15-6-9-20(2)10-7-15/h11,14-15H,4-10,12H2,1-3H3,(H,18,23). The third kappa shape index (κ3) is 3.93. The molecule has 3 rings (SSSR count). The summed E-state index contributed by atoms with van der Waals surface area (Å²) >= 11 is 0. The van der Waals surface area contributed by atoms with Crippen LogP contribution in [0.3, 0.4) is 0 Å². The molecule has 0 radical (unpaired) electrons. The minimum absolute atomic E-state index is 0.0380. The van der Waals surface area contributed by atoms with Gasteiger partial charge in [0.05, 0.1) is 0 Å². The SMILES string of the molecule is Cc1cc(C(=O)NC2CCCN(C3CCN(C)CC3)C2)nn1C. The average molecular weight is 319 g/mol. The molecule has 0 spiro atoms. The van der Waals surface area contributed by atoms with E-state index in [9.17, 15) is 4.79 Å². The van der Waals surface area contributed by atoms with Crippen molar-refractivity contribution >= 4 is 5.91 Å². The van der Waals surface area contributed by atoms with Gasteiger partial charge in [0.2, 0.25) is 0 Å². The quantitative estimate of drug-likeness (QED) is 0.904. The first-order valence-corrected chi connectivity index (χ1v) is 8.77. The summed E-state index contributed by atoms with van der Waals surface area (Å²) in [7, 11) is 4.07. The van der Waals surface area contributed by atoms with E-state index >= 15 is 0 Å². The third-order valence-corrected chi connectivity index (χ3v) is 5.34. The summed E-state index contributed by atoms with van der Waals surface area (Å²) in [5.41, 5.74) is 1.54. The first-order chi connectivity index (χ1) is 11.0. The lowest BCUT2D eigenvalue weighted by Crippen LogP contribution is -2.53. The van der Waals surface area contributed by atoms with Gasteiger partial charge in [0, 0.05) is 31.4 Å². The third-order valence-electron chi connectivity index (χ3n) is 5.34. The van der Waals surface area contributed by atoms with Gasteiger partial charge in [-0.15, -0.1) is 0 Å². The number of likely N-dealkylation sites (tertiary alicyclic amines) is 2. The Morgan fingerprint density at radius 2 is 1.96 bits per heavy atom. The van der Waals surface area contributed by atoms with Crippen LogP contribution < -0.4 is 5.32 Å². The van der Waals surface area contributed by atoms with Crippen LogP contribution in [-0.2, 0) is 7.05 Å². The van der Waals surface area contributed by atoms with Gasteiger partial charge in [-0.05, 0) is 65.4 Å². The number of aryl methyl sites for hydroxylation is 2. The van der Waals surface area contributed by atoms with Crippen molar-refractivity contribution in [3.05, 3.63) is 17.5 Å². The molecule has 1 unspecified atom stereocenters. The van der Waals surface area contributed by atoms with Crippen molar-refractivity contribution in [3.8, 4) is 0 Å². The van der Waals surface area contributed by atoms with E-state index in [1.807, 2.05) is 20.0 Å². The number of nitrogens with zero attached hydrogens (tertiary/aromatic N) is 4. The van der Waals surface area contributed by atoms with E-state index in [4.69, 9.17) is 0 Å². The second kappa shape index (κ2) is 7.01. The Balaban J connectivity index is 1.55. The van der Waals surface area contributed by atoms with Gasteiger partial charge in [-0.2, -0.15) is 5.10 Å². The highest BCUT2D eigenvalue weighted by molar-refractivity contribution is 5.92. The largest absolute Gasteiger partial charge is 0.347 e. The fourth-order valence-corrected chi connectivity index (χ4v) is 3.75. The topological polar surface area (TPSA) is 53.4 Å². The van der Waals surface area contributed by atoms with Crippen molar-refractivity contribution in [3.63, 3.8) is 0 Å². The molecule has 2 aliphatic heterocycles. The van der Waals surface area contributed by atoms with E-state index in [1.54, 1.807) is 4.68 Å². The lowest BCUT2D eigenvalue weighted by Gasteiger charge is -2.41. The van der Waals surface area contributed by atoms with Crippen LogP contribution in [0.2, 0.25) is 0 Å². The van der Waals surface area contributed by atoms with E-state index < -0.39 is 0 Å². The van der Waals surface area contributed by atoms with Gasteiger partial charge < -0.3 is 10.2 Å². The van der Waals surface area contributed by atoms with E-state index in [0.29, 0.717) is 11.7 Å². The zero-order valence-corrected chi connectivity index (χ0v) is 14.6. The number of nitrogens with one attached hydrogen (secondary N) is 1. The van der Waals surface area contributed by atoms with Gasteiger partial charge >= 0.3 is 0 Å². The summed E-state index contributed by atoms with van der Waals surface area (Å²) in [5, 5.41) is 7.47. The molecule has 0 bridgehead atoms. The Labute approximate surface area is 138 Å². The predicted molar refractivity (Wildman–Crippen MR) is 90.5 cm³/mol. The molecule has 1 amide bonds. The number of amides is 1. The van der Waals surface area contributed by atoms with Crippen LogP contribution in [0, 0.1) is 6.92 Å². The Bertz CT molecular complexity index is 528. The maximum Gasteiger partial charge on any atom is 0.272 e. The molecule has 3 heterocycles. The van der Waals surface area contributed by atoms with Crippen molar-refractivity contribution in [1.82, 2.24) is 24.9 Å². The molecule has 1 aromatic rings. The molecule has 2 aliphatic rings. The normalized spacial score (nSPS) is 24.7. The zero-order chi connectivity index (χ0) is 16.4. The molecule has 0 saturated carbocycles. The van der Waals surface area contributed by atoms with E-state index in [0.717, 1.165) is 18.7 Å². The zero-order valence-electron chi connectivity index (χ0n) is 14.6. The molecule has 1 atom stereocenters. The Hall–Kier alpha value is -1.40. The Morgan fingerprint density at radius 1 is 1.22 bits per heavy atom. The molecule has 0 aliphatic carbocycles. The van der Waals surface area contributed by atoms with Gasteiger partial charge in [-0.25, -0.2) is 0 Å². The van der Waals surface area contributed by atoms with E-state index in [2.05, 4.69) is 27.3 Å². The number of aromatic nitrogens is 2. The first kappa shape index (κ1) is 16.5. The van der Waals surface area contributed by atoms with Crippen LogP contribution in [0.5, 0.6) is 0 Å². The second-order valence-electron chi connectivity index (χ2n) is 7.14. The van der Waals surface area contributed by atoms with Crippen LogP contribution >= 0.6 is 0 Å². The summed E-state index contributed by atoms with van der Waals surface area (Å²) in [6.45, 7) is 6.48. The predicted octanol–water partition coefficient (Wildman–Crippen LogP) is 1.02. The van der Waals surface area contributed by atoms with Crippen molar-refractivity contribution in [2.24, 2.45) is 7.05 Å². The molecular weight excluding hydrogens is 290 g/mol. The first-order valence-electron chi connectivity index (χ1n) is 8.77. The molecule has 128 valence electrons. The highest BCUT2D eigenvalue weighted by Crippen LogP contribution is 2.20. The number of hydrogen-bond acceptors (Lipinski definition) is 4. The summed E-state index contributed by atoms with van der Waals surface area (Å²) in [6, 6.07) is 2.79.